The minimum atomic E-state index is 0.0218. The van der Waals surface area contributed by atoms with Crippen LogP contribution in [-0.2, 0) is 22.4 Å². The molecule has 1 heterocycles. The molecule has 2 amide bonds. The summed E-state index contributed by atoms with van der Waals surface area (Å²) >= 11 is 0. The Morgan fingerprint density at radius 3 is 2.95 bits per heavy atom. The van der Waals surface area contributed by atoms with Gasteiger partial charge in [0.05, 0.1) is 12.8 Å². The number of anilines is 1. The van der Waals surface area contributed by atoms with Gasteiger partial charge in [0, 0.05) is 12.2 Å². The Morgan fingerprint density at radius 1 is 1.42 bits per heavy atom. The van der Waals surface area contributed by atoms with E-state index in [2.05, 4.69) is 24.5 Å². The summed E-state index contributed by atoms with van der Waals surface area (Å²) in [5.41, 5.74) is 2.81. The zero-order valence-electron chi connectivity index (χ0n) is 11.5. The third-order valence-electron chi connectivity index (χ3n) is 3.20. The highest BCUT2D eigenvalue weighted by molar-refractivity contribution is 5.99. The van der Waals surface area contributed by atoms with Crippen LogP contribution in [0.1, 0.15) is 31.4 Å². The molecule has 0 fully saturated rings. The summed E-state index contributed by atoms with van der Waals surface area (Å²) < 4.78 is 0. The maximum absolute atomic E-state index is 11.8. The molecule has 2 N–H and O–H groups in total. The van der Waals surface area contributed by atoms with E-state index < -0.39 is 0 Å². The molecule has 0 aliphatic carbocycles. The van der Waals surface area contributed by atoms with E-state index in [0.717, 1.165) is 29.8 Å². The van der Waals surface area contributed by atoms with Crippen molar-refractivity contribution in [2.75, 3.05) is 11.9 Å². The van der Waals surface area contributed by atoms with E-state index in [1.54, 1.807) is 0 Å². The van der Waals surface area contributed by atoms with Crippen molar-refractivity contribution >= 4 is 17.5 Å². The monoisotopic (exact) mass is 260 g/mol. The molecule has 1 aromatic rings. The molecule has 102 valence electrons. The lowest BCUT2D eigenvalue weighted by molar-refractivity contribution is -0.120. The standard InChI is InChI=1S/C15H20N2O2/c1-10(2)5-6-16-14(18)8-11-3-4-13-12(7-11)9-15(19)17-13/h3-4,7,10H,5-6,8-9H2,1-2H3,(H,16,18)(H,17,19). The first kappa shape index (κ1) is 13.6. The van der Waals surface area contributed by atoms with E-state index in [4.69, 9.17) is 0 Å². The van der Waals surface area contributed by atoms with Crippen LogP contribution in [0.3, 0.4) is 0 Å². The van der Waals surface area contributed by atoms with Gasteiger partial charge in [-0.15, -0.1) is 0 Å². The van der Waals surface area contributed by atoms with Crippen LogP contribution in [0.15, 0.2) is 18.2 Å². The van der Waals surface area contributed by atoms with E-state index in [-0.39, 0.29) is 11.8 Å². The first-order chi connectivity index (χ1) is 9.04. The summed E-state index contributed by atoms with van der Waals surface area (Å²) in [6, 6.07) is 5.71. The summed E-state index contributed by atoms with van der Waals surface area (Å²) in [6.07, 6.45) is 1.78. The average Bonchev–Trinajstić information content (AvgIpc) is 2.67. The molecule has 2 rings (SSSR count). The van der Waals surface area contributed by atoms with Crippen molar-refractivity contribution in [3.8, 4) is 0 Å². The number of rotatable bonds is 5. The van der Waals surface area contributed by atoms with Crippen LogP contribution in [0, 0.1) is 5.92 Å². The quantitative estimate of drug-likeness (QED) is 0.849. The van der Waals surface area contributed by atoms with Crippen molar-refractivity contribution < 1.29 is 9.59 Å². The molecule has 0 unspecified atom stereocenters. The van der Waals surface area contributed by atoms with Crippen LogP contribution in [0.5, 0.6) is 0 Å². The van der Waals surface area contributed by atoms with Crippen LogP contribution >= 0.6 is 0 Å². The zero-order chi connectivity index (χ0) is 13.8. The lowest BCUT2D eigenvalue weighted by Gasteiger charge is -2.08. The lowest BCUT2D eigenvalue weighted by Crippen LogP contribution is -2.26. The first-order valence-corrected chi connectivity index (χ1v) is 6.73. The number of carbonyl (C=O) groups excluding carboxylic acids is 2. The van der Waals surface area contributed by atoms with Crippen molar-refractivity contribution in [2.24, 2.45) is 5.92 Å². The highest BCUT2D eigenvalue weighted by atomic mass is 16.2. The summed E-state index contributed by atoms with van der Waals surface area (Å²) in [5.74, 6) is 0.656. The number of nitrogens with one attached hydrogen (secondary N) is 2. The average molecular weight is 260 g/mol. The molecule has 0 radical (unpaired) electrons. The minimum absolute atomic E-state index is 0.0218. The molecule has 1 aromatic carbocycles. The Kier molecular flexibility index (Phi) is 4.20. The number of hydrogen-bond acceptors (Lipinski definition) is 2. The molecule has 0 atom stereocenters. The molecule has 1 aliphatic heterocycles. The van der Waals surface area contributed by atoms with Crippen LogP contribution < -0.4 is 10.6 Å². The third kappa shape index (κ3) is 3.81. The topological polar surface area (TPSA) is 58.2 Å². The summed E-state index contributed by atoms with van der Waals surface area (Å²) in [6.45, 7) is 4.99. The fourth-order valence-electron chi connectivity index (χ4n) is 2.14. The van der Waals surface area contributed by atoms with Gasteiger partial charge < -0.3 is 10.6 Å². The Morgan fingerprint density at radius 2 is 2.21 bits per heavy atom. The molecule has 0 aromatic heterocycles. The van der Waals surface area contributed by atoms with E-state index in [0.29, 0.717) is 18.8 Å². The highest BCUT2D eigenvalue weighted by Gasteiger charge is 2.17. The van der Waals surface area contributed by atoms with Gasteiger partial charge in [-0.3, -0.25) is 9.59 Å². The van der Waals surface area contributed by atoms with Gasteiger partial charge in [-0.25, -0.2) is 0 Å². The predicted molar refractivity (Wildman–Crippen MR) is 74.9 cm³/mol. The predicted octanol–water partition coefficient (Wildman–Crippen LogP) is 1.89. The zero-order valence-corrected chi connectivity index (χ0v) is 11.5. The number of fused-ring (bicyclic) bond motifs is 1. The summed E-state index contributed by atoms with van der Waals surface area (Å²) in [4.78, 5) is 23.0. The molecular weight excluding hydrogens is 240 g/mol. The van der Waals surface area contributed by atoms with Crippen molar-refractivity contribution in [1.82, 2.24) is 5.32 Å². The van der Waals surface area contributed by atoms with Gasteiger partial charge in [0.15, 0.2) is 0 Å². The van der Waals surface area contributed by atoms with Gasteiger partial charge in [-0.1, -0.05) is 26.0 Å². The molecule has 0 saturated carbocycles. The van der Waals surface area contributed by atoms with Crippen LogP contribution in [0.2, 0.25) is 0 Å². The molecule has 19 heavy (non-hydrogen) atoms. The summed E-state index contributed by atoms with van der Waals surface area (Å²) in [5, 5.41) is 5.70. The van der Waals surface area contributed by atoms with Crippen LogP contribution in [-0.4, -0.2) is 18.4 Å². The van der Waals surface area contributed by atoms with E-state index in [1.165, 1.54) is 0 Å². The fourth-order valence-corrected chi connectivity index (χ4v) is 2.14. The van der Waals surface area contributed by atoms with Crippen LogP contribution in [0.25, 0.3) is 0 Å². The van der Waals surface area contributed by atoms with Gasteiger partial charge in [-0.2, -0.15) is 0 Å². The Hall–Kier alpha value is -1.84. The van der Waals surface area contributed by atoms with Crippen LogP contribution in [0.4, 0.5) is 5.69 Å². The third-order valence-corrected chi connectivity index (χ3v) is 3.20. The first-order valence-electron chi connectivity index (χ1n) is 6.73. The minimum Gasteiger partial charge on any atom is -0.356 e. The largest absolute Gasteiger partial charge is 0.356 e. The Balaban J connectivity index is 1.88. The number of carbonyl (C=O) groups is 2. The van der Waals surface area contributed by atoms with Crippen molar-refractivity contribution in [3.63, 3.8) is 0 Å². The molecule has 0 spiro atoms. The molecule has 0 saturated heterocycles. The molecular formula is C15H20N2O2. The number of amides is 2. The molecule has 4 heteroatoms. The SMILES string of the molecule is CC(C)CCNC(=O)Cc1ccc2c(c1)CC(=O)N2. The second kappa shape index (κ2) is 5.87. The maximum atomic E-state index is 11.8. The highest BCUT2D eigenvalue weighted by Crippen LogP contribution is 2.23. The van der Waals surface area contributed by atoms with Gasteiger partial charge >= 0.3 is 0 Å². The normalized spacial score (nSPS) is 13.3. The number of hydrogen-bond donors (Lipinski definition) is 2. The molecule has 4 nitrogen and oxygen atoms in total. The van der Waals surface area contributed by atoms with E-state index in [9.17, 15) is 9.59 Å². The van der Waals surface area contributed by atoms with Crippen molar-refractivity contribution in [1.29, 1.82) is 0 Å². The van der Waals surface area contributed by atoms with E-state index in [1.807, 2.05) is 18.2 Å². The van der Waals surface area contributed by atoms with Gasteiger partial charge in [0.1, 0.15) is 0 Å². The lowest BCUT2D eigenvalue weighted by atomic mass is 10.1. The Labute approximate surface area is 113 Å². The van der Waals surface area contributed by atoms with Crippen molar-refractivity contribution in [2.45, 2.75) is 33.1 Å². The van der Waals surface area contributed by atoms with Gasteiger partial charge in [0.25, 0.3) is 0 Å². The second-order valence-electron chi connectivity index (χ2n) is 5.43. The summed E-state index contributed by atoms with van der Waals surface area (Å²) in [7, 11) is 0. The maximum Gasteiger partial charge on any atom is 0.228 e. The van der Waals surface area contributed by atoms with Gasteiger partial charge in [-0.05, 0) is 29.5 Å². The fraction of sp³-hybridized carbons (Fsp3) is 0.467. The van der Waals surface area contributed by atoms with Gasteiger partial charge in [0.2, 0.25) is 11.8 Å². The molecule has 0 bridgehead atoms. The second-order valence-corrected chi connectivity index (χ2v) is 5.43. The smallest absolute Gasteiger partial charge is 0.228 e. The Bertz CT molecular complexity index is 495. The number of benzene rings is 1. The molecule has 1 aliphatic rings. The van der Waals surface area contributed by atoms with Crippen molar-refractivity contribution in [3.05, 3.63) is 29.3 Å². The van der Waals surface area contributed by atoms with E-state index >= 15 is 0 Å².